The van der Waals surface area contributed by atoms with Gasteiger partial charge in [-0.3, -0.25) is 4.90 Å². The molecule has 2 aromatic rings. The maximum atomic E-state index is 5.94. The van der Waals surface area contributed by atoms with E-state index in [2.05, 4.69) is 42.3 Å². The second-order valence-corrected chi connectivity index (χ2v) is 4.36. The van der Waals surface area contributed by atoms with Gasteiger partial charge in [-0.2, -0.15) is 0 Å². The molecule has 0 amide bonds. The lowest BCUT2D eigenvalue weighted by Gasteiger charge is -2.17. The zero-order valence-electron chi connectivity index (χ0n) is 10.1. The summed E-state index contributed by atoms with van der Waals surface area (Å²) in [6, 6.07) is 18.5. The smallest absolute Gasteiger partial charge is 0.0359 e. The predicted octanol–water partition coefficient (Wildman–Crippen LogP) is 2.90. The monoisotopic (exact) mass is 226 g/mol. The number of hydrogen-bond acceptors (Lipinski definition) is 2. The van der Waals surface area contributed by atoms with Gasteiger partial charge in [-0.15, -0.1) is 0 Å². The molecule has 0 atom stereocenters. The Kier molecular flexibility index (Phi) is 3.78. The van der Waals surface area contributed by atoms with Gasteiger partial charge in [0.2, 0.25) is 0 Å². The van der Waals surface area contributed by atoms with Crippen LogP contribution in [0.1, 0.15) is 11.1 Å². The number of benzene rings is 2. The molecule has 88 valence electrons. The molecule has 0 radical (unpaired) electrons. The van der Waals surface area contributed by atoms with E-state index >= 15 is 0 Å². The molecular formula is C15H18N2. The molecule has 0 aromatic heterocycles. The van der Waals surface area contributed by atoms with Crippen LogP contribution in [0.2, 0.25) is 0 Å². The molecule has 2 N–H and O–H groups in total. The summed E-state index contributed by atoms with van der Waals surface area (Å²) in [5.41, 5.74) is 9.31. The number of anilines is 1. The summed E-state index contributed by atoms with van der Waals surface area (Å²) >= 11 is 0. The SMILES string of the molecule is CN(Cc1ccccc1)Cc1ccccc1N. The van der Waals surface area contributed by atoms with Gasteiger partial charge in [0.15, 0.2) is 0 Å². The Morgan fingerprint density at radius 3 is 2.24 bits per heavy atom. The molecular weight excluding hydrogens is 208 g/mol. The maximum absolute atomic E-state index is 5.94. The highest BCUT2D eigenvalue weighted by Gasteiger charge is 2.03. The summed E-state index contributed by atoms with van der Waals surface area (Å²) in [6.45, 7) is 1.82. The van der Waals surface area contributed by atoms with Crippen molar-refractivity contribution in [3.63, 3.8) is 0 Å². The summed E-state index contributed by atoms with van der Waals surface area (Å²) in [7, 11) is 2.11. The summed E-state index contributed by atoms with van der Waals surface area (Å²) in [6.07, 6.45) is 0. The van der Waals surface area contributed by atoms with Crippen LogP contribution in [0.15, 0.2) is 54.6 Å². The first kappa shape index (κ1) is 11.7. The minimum absolute atomic E-state index is 0.868. The molecule has 2 rings (SSSR count). The first-order valence-corrected chi connectivity index (χ1v) is 5.81. The molecule has 0 unspecified atom stereocenters. The molecule has 17 heavy (non-hydrogen) atoms. The lowest BCUT2D eigenvalue weighted by atomic mass is 10.1. The Hall–Kier alpha value is -1.80. The van der Waals surface area contributed by atoms with E-state index in [0.717, 1.165) is 18.8 Å². The van der Waals surface area contributed by atoms with Crippen molar-refractivity contribution in [2.45, 2.75) is 13.1 Å². The van der Waals surface area contributed by atoms with Crippen molar-refractivity contribution in [1.82, 2.24) is 4.90 Å². The van der Waals surface area contributed by atoms with Crippen molar-refractivity contribution >= 4 is 5.69 Å². The van der Waals surface area contributed by atoms with Crippen molar-refractivity contribution in [2.75, 3.05) is 12.8 Å². The highest BCUT2D eigenvalue weighted by atomic mass is 15.1. The van der Waals surface area contributed by atoms with Gasteiger partial charge in [-0.05, 0) is 24.2 Å². The van der Waals surface area contributed by atoms with Gasteiger partial charge in [-0.1, -0.05) is 48.5 Å². The van der Waals surface area contributed by atoms with Crippen molar-refractivity contribution in [2.24, 2.45) is 0 Å². The van der Waals surface area contributed by atoms with Crippen LogP contribution in [-0.4, -0.2) is 11.9 Å². The van der Waals surface area contributed by atoms with E-state index < -0.39 is 0 Å². The third-order valence-electron chi connectivity index (χ3n) is 2.79. The van der Waals surface area contributed by atoms with Gasteiger partial charge < -0.3 is 5.73 Å². The van der Waals surface area contributed by atoms with Gasteiger partial charge in [-0.25, -0.2) is 0 Å². The third-order valence-corrected chi connectivity index (χ3v) is 2.79. The lowest BCUT2D eigenvalue weighted by molar-refractivity contribution is 0.319. The highest BCUT2D eigenvalue weighted by molar-refractivity contribution is 5.46. The van der Waals surface area contributed by atoms with Gasteiger partial charge in [0.25, 0.3) is 0 Å². The quantitative estimate of drug-likeness (QED) is 0.812. The Balaban J connectivity index is 1.98. The third kappa shape index (κ3) is 3.33. The second kappa shape index (κ2) is 5.51. The molecule has 0 saturated carbocycles. The Morgan fingerprint density at radius 2 is 1.53 bits per heavy atom. The molecule has 0 spiro atoms. The van der Waals surface area contributed by atoms with Gasteiger partial charge in [0.05, 0.1) is 0 Å². The van der Waals surface area contributed by atoms with E-state index in [1.165, 1.54) is 11.1 Å². The summed E-state index contributed by atoms with van der Waals surface area (Å²) in [5, 5.41) is 0. The Labute approximate surface area is 103 Å². The van der Waals surface area contributed by atoms with E-state index in [0.29, 0.717) is 0 Å². The summed E-state index contributed by atoms with van der Waals surface area (Å²) in [4.78, 5) is 2.26. The first-order valence-electron chi connectivity index (χ1n) is 5.81. The average molecular weight is 226 g/mol. The Morgan fingerprint density at radius 1 is 0.882 bits per heavy atom. The van der Waals surface area contributed by atoms with Crippen molar-refractivity contribution < 1.29 is 0 Å². The van der Waals surface area contributed by atoms with Crippen LogP contribution >= 0.6 is 0 Å². The van der Waals surface area contributed by atoms with Crippen LogP contribution in [0, 0.1) is 0 Å². The fourth-order valence-corrected chi connectivity index (χ4v) is 1.92. The van der Waals surface area contributed by atoms with Crippen molar-refractivity contribution in [1.29, 1.82) is 0 Å². The lowest BCUT2D eigenvalue weighted by Crippen LogP contribution is -2.17. The summed E-state index contributed by atoms with van der Waals surface area (Å²) < 4.78 is 0. The topological polar surface area (TPSA) is 29.3 Å². The van der Waals surface area contributed by atoms with E-state index in [1.807, 2.05) is 24.3 Å². The molecule has 2 aromatic carbocycles. The van der Waals surface area contributed by atoms with Crippen LogP contribution in [0.25, 0.3) is 0 Å². The predicted molar refractivity (Wildman–Crippen MR) is 72.5 cm³/mol. The normalized spacial score (nSPS) is 10.7. The zero-order chi connectivity index (χ0) is 12.1. The average Bonchev–Trinajstić information content (AvgIpc) is 2.33. The molecule has 0 fully saturated rings. The maximum Gasteiger partial charge on any atom is 0.0359 e. The molecule has 0 aliphatic heterocycles. The fourth-order valence-electron chi connectivity index (χ4n) is 1.92. The van der Waals surface area contributed by atoms with Gasteiger partial charge >= 0.3 is 0 Å². The number of nitrogens with two attached hydrogens (primary N) is 1. The second-order valence-electron chi connectivity index (χ2n) is 4.36. The van der Waals surface area contributed by atoms with Crippen LogP contribution in [0.3, 0.4) is 0 Å². The zero-order valence-corrected chi connectivity index (χ0v) is 10.1. The minimum atomic E-state index is 0.868. The standard InChI is InChI=1S/C15H18N2/c1-17(11-13-7-3-2-4-8-13)12-14-9-5-6-10-15(14)16/h2-10H,11-12,16H2,1H3. The van der Waals surface area contributed by atoms with E-state index in [9.17, 15) is 0 Å². The molecule has 0 aliphatic rings. The minimum Gasteiger partial charge on any atom is -0.398 e. The summed E-state index contributed by atoms with van der Waals surface area (Å²) in [5.74, 6) is 0. The van der Waals surface area contributed by atoms with Crippen LogP contribution < -0.4 is 5.73 Å². The molecule has 0 heterocycles. The largest absolute Gasteiger partial charge is 0.398 e. The van der Waals surface area contributed by atoms with Crippen LogP contribution in [-0.2, 0) is 13.1 Å². The van der Waals surface area contributed by atoms with E-state index in [1.54, 1.807) is 0 Å². The van der Waals surface area contributed by atoms with E-state index in [4.69, 9.17) is 5.73 Å². The number of rotatable bonds is 4. The van der Waals surface area contributed by atoms with Crippen molar-refractivity contribution in [3.05, 3.63) is 65.7 Å². The molecule has 0 aliphatic carbocycles. The molecule has 0 saturated heterocycles. The molecule has 0 bridgehead atoms. The van der Waals surface area contributed by atoms with Crippen LogP contribution in [0.5, 0.6) is 0 Å². The number of nitrogens with zero attached hydrogens (tertiary/aromatic N) is 1. The van der Waals surface area contributed by atoms with Crippen LogP contribution in [0.4, 0.5) is 5.69 Å². The van der Waals surface area contributed by atoms with E-state index in [-0.39, 0.29) is 0 Å². The van der Waals surface area contributed by atoms with Gasteiger partial charge in [0, 0.05) is 18.8 Å². The van der Waals surface area contributed by atoms with Crippen molar-refractivity contribution in [3.8, 4) is 0 Å². The Bertz CT molecular complexity index is 465. The van der Waals surface area contributed by atoms with Gasteiger partial charge in [0.1, 0.15) is 0 Å². The number of nitrogen functional groups attached to an aromatic ring is 1. The fraction of sp³-hybridized carbons (Fsp3) is 0.200. The molecule has 2 heteroatoms. The number of hydrogen-bond donors (Lipinski definition) is 1. The number of para-hydroxylation sites is 1. The first-order chi connectivity index (χ1) is 8.25. The highest BCUT2D eigenvalue weighted by Crippen LogP contribution is 2.14. The molecule has 2 nitrogen and oxygen atoms in total.